The van der Waals surface area contributed by atoms with E-state index in [1.807, 2.05) is 32.0 Å². The van der Waals surface area contributed by atoms with Crippen molar-refractivity contribution in [1.82, 2.24) is 23.6 Å². The summed E-state index contributed by atoms with van der Waals surface area (Å²) in [5, 5.41) is 0. The van der Waals surface area contributed by atoms with Gasteiger partial charge in [0.2, 0.25) is 5.95 Å². The molecule has 4 rings (SSSR count). The van der Waals surface area contributed by atoms with E-state index in [0.717, 1.165) is 54.9 Å². The fourth-order valence-corrected chi connectivity index (χ4v) is 5.91. The molecule has 0 atom stereocenters. The first kappa shape index (κ1) is 21.1. The zero-order chi connectivity index (χ0) is 21.1. The molecule has 0 saturated carbocycles. The van der Waals surface area contributed by atoms with Crippen LogP contribution in [0.2, 0.25) is 0 Å². The van der Waals surface area contributed by atoms with Crippen LogP contribution in [-0.4, -0.2) is 71.2 Å². The molecular weight excluding hydrogens is 400 g/mol. The maximum Gasteiger partial charge on any atom is 0.282 e. The molecule has 8 nitrogen and oxygen atoms in total. The fraction of sp³-hybridized carbons (Fsp3) is 0.571. The van der Waals surface area contributed by atoms with Gasteiger partial charge in [0.1, 0.15) is 0 Å². The molecule has 2 aromatic heterocycles. The first-order valence-corrected chi connectivity index (χ1v) is 12.1. The number of hydrogen-bond acceptors (Lipinski definition) is 6. The van der Waals surface area contributed by atoms with Crippen LogP contribution in [0.15, 0.2) is 24.4 Å². The molecule has 4 heterocycles. The van der Waals surface area contributed by atoms with Crippen molar-refractivity contribution in [2.45, 2.75) is 39.5 Å². The van der Waals surface area contributed by atoms with Crippen LogP contribution in [-0.2, 0) is 10.2 Å². The fourth-order valence-electron chi connectivity index (χ4n) is 4.19. The maximum atomic E-state index is 13.0. The Bertz CT molecular complexity index is 991. The highest BCUT2D eigenvalue weighted by atomic mass is 32.2. The van der Waals surface area contributed by atoms with E-state index in [4.69, 9.17) is 4.98 Å². The summed E-state index contributed by atoms with van der Waals surface area (Å²) in [6, 6.07) is 5.92. The number of hydrogen-bond donors (Lipinski definition) is 0. The Hall–Kier alpha value is -2.10. The van der Waals surface area contributed by atoms with Gasteiger partial charge in [-0.15, -0.1) is 0 Å². The average molecular weight is 431 g/mol. The Morgan fingerprint density at radius 1 is 0.800 bits per heavy atom. The third-order valence-corrected chi connectivity index (χ3v) is 7.88. The summed E-state index contributed by atoms with van der Waals surface area (Å²) in [4.78, 5) is 15.9. The van der Waals surface area contributed by atoms with E-state index < -0.39 is 10.2 Å². The molecule has 0 radical (unpaired) electrons. The second kappa shape index (κ2) is 8.95. The number of anilines is 1. The minimum Gasteiger partial charge on any atom is -0.339 e. The normalized spacial score (nSPS) is 19.6. The van der Waals surface area contributed by atoms with Crippen LogP contribution in [0, 0.1) is 13.8 Å². The standard InChI is InChI=1S/C21H30N6O2S/c1-17-7-8-19(18(2)23-17)20-9-10-22-21(24-20)25-11-6-14-27(16-15-25)30(28,29)26-12-4-3-5-13-26/h7-10H,3-6,11-16H2,1-2H3. The summed E-state index contributed by atoms with van der Waals surface area (Å²) >= 11 is 0. The Balaban J connectivity index is 1.49. The van der Waals surface area contributed by atoms with Gasteiger partial charge in [0.05, 0.1) is 5.69 Å². The Morgan fingerprint density at radius 2 is 1.53 bits per heavy atom. The van der Waals surface area contributed by atoms with Gasteiger partial charge in [0.25, 0.3) is 10.2 Å². The van der Waals surface area contributed by atoms with Crippen molar-refractivity contribution < 1.29 is 8.42 Å². The lowest BCUT2D eigenvalue weighted by atomic mass is 10.1. The van der Waals surface area contributed by atoms with Gasteiger partial charge in [-0.1, -0.05) is 6.42 Å². The molecule has 0 N–H and O–H groups in total. The smallest absolute Gasteiger partial charge is 0.282 e. The van der Waals surface area contributed by atoms with Crippen molar-refractivity contribution >= 4 is 16.2 Å². The molecule has 2 aromatic rings. The van der Waals surface area contributed by atoms with Crippen LogP contribution in [0.4, 0.5) is 5.95 Å². The van der Waals surface area contributed by atoms with Crippen molar-refractivity contribution in [3.63, 3.8) is 0 Å². The summed E-state index contributed by atoms with van der Waals surface area (Å²) in [6.45, 7) is 7.55. The van der Waals surface area contributed by atoms with Gasteiger partial charge in [0.15, 0.2) is 0 Å². The van der Waals surface area contributed by atoms with E-state index in [9.17, 15) is 8.42 Å². The van der Waals surface area contributed by atoms with Gasteiger partial charge in [-0.3, -0.25) is 4.98 Å². The second-order valence-corrected chi connectivity index (χ2v) is 9.96. The lowest BCUT2D eigenvalue weighted by Gasteiger charge is -2.31. The number of piperidine rings is 1. The zero-order valence-electron chi connectivity index (χ0n) is 17.8. The van der Waals surface area contributed by atoms with Crippen LogP contribution in [0.25, 0.3) is 11.3 Å². The van der Waals surface area contributed by atoms with E-state index in [2.05, 4.69) is 14.9 Å². The molecule has 30 heavy (non-hydrogen) atoms. The highest BCUT2D eigenvalue weighted by molar-refractivity contribution is 7.86. The molecule has 0 bridgehead atoms. The highest BCUT2D eigenvalue weighted by Gasteiger charge is 2.32. The van der Waals surface area contributed by atoms with Crippen molar-refractivity contribution in [2.24, 2.45) is 0 Å². The van der Waals surface area contributed by atoms with Crippen molar-refractivity contribution in [1.29, 1.82) is 0 Å². The summed E-state index contributed by atoms with van der Waals surface area (Å²) in [5.74, 6) is 0.643. The number of aromatic nitrogens is 3. The van der Waals surface area contributed by atoms with Crippen LogP contribution in [0.5, 0.6) is 0 Å². The van der Waals surface area contributed by atoms with E-state index in [0.29, 0.717) is 38.7 Å². The Kier molecular flexibility index (Phi) is 6.31. The van der Waals surface area contributed by atoms with Crippen molar-refractivity contribution in [3.8, 4) is 11.3 Å². The Morgan fingerprint density at radius 3 is 2.30 bits per heavy atom. The first-order chi connectivity index (χ1) is 14.4. The van der Waals surface area contributed by atoms with E-state index in [1.165, 1.54) is 0 Å². The number of aryl methyl sites for hydroxylation is 2. The average Bonchev–Trinajstić information content (AvgIpc) is 3.01. The maximum absolute atomic E-state index is 13.0. The molecular formula is C21H30N6O2S. The monoisotopic (exact) mass is 430 g/mol. The van der Waals surface area contributed by atoms with Crippen LogP contribution < -0.4 is 4.90 Å². The molecule has 2 fully saturated rings. The quantitative estimate of drug-likeness (QED) is 0.741. The SMILES string of the molecule is Cc1ccc(-c2ccnc(N3CCCN(S(=O)(=O)N4CCCCC4)CC3)n2)c(C)n1. The summed E-state index contributed by atoms with van der Waals surface area (Å²) in [5.41, 5.74) is 3.75. The second-order valence-electron chi connectivity index (χ2n) is 8.03. The molecule has 9 heteroatoms. The van der Waals surface area contributed by atoms with Crippen LogP contribution >= 0.6 is 0 Å². The number of rotatable bonds is 4. The van der Waals surface area contributed by atoms with Gasteiger partial charge < -0.3 is 4.90 Å². The minimum atomic E-state index is -3.38. The van der Waals surface area contributed by atoms with Crippen molar-refractivity contribution in [2.75, 3.05) is 44.2 Å². The Labute approximate surface area is 179 Å². The zero-order valence-corrected chi connectivity index (χ0v) is 18.6. The molecule has 2 saturated heterocycles. The minimum absolute atomic E-state index is 0.456. The molecule has 0 spiro atoms. The number of pyridine rings is 1. The highest BCUT2D eigenvalue weighted by Crippen LogP contribution is 2.23. The molecule has 2 aliphatic heterocycles. The van der Waals surface area contributed by atoms with Gasteiger partial charge in [-0.2, -0.15) is 17.0 Å². The molecule has 2 aliphatic rings. The summed E-state index contributed by atoms with van der Waals surface area (Å²) in [7, 11) is -3.38. The third-order valence-electron chi connectivity index (χ3n) is 5.85. The van der Waals surface area contributed by atoms with Gasteiger partial charge in [-0.25, -0.2) is 9.97 Å². The molecule has 0 amide bonds. The topological polar surface area (TPSA) is 82.5 Å². The molecule has 0 aliphatic carbocycles. The van der Waals surface area contributed by atoms with Crippen molar-refractivity contribution in [3.05, 3.63) is 35.8 Å². The van der Waals surface area contributed by atoms with Crippen LogP contribution in [0.3, 0.4) is 0 Å². The number of nitrogens with zero attached hydrogens (tertiary/aromatic N) is 6. The van der Waals surface area contributed by atoms with Gasteiger partial charge in [0, 0.05) is 62.4 Å². The predicted octanol–water partition coefficient (Wildman–Crippen LogP) is 2.40. The van der Waals surface area contributed by atoms with Crippen LogP contribution in [0.1, 0.15) is 37.1 Å². The first-order valence-electron chi connectivity index (χ1n) is 10.7. The van der Waals surface area contributed by atoms with Gasteiger partial charge in [-0.05, 0) is 51.3 Å². The predicted molar refractivity (Wildman–Crippen MR) is 117 cm³/mol. The van der Waals surface area contributed by atoms with E-state index in [-0.39, 0.29) is 0 Å². The van der Waals surface area contributed by atoms with Gasteiger partial charge >= 0.3 is 0 Å². The summed E-state index contributed by atoms with van der Waals surface area (Å²) < 4.78 is 29.4. The summed E-state index contributed by atoms with van der Waals surface area (Å²) in [6.07, 6.45) is 5.54. The largest absolute Gasteiger partial charge is 0.339 e. The van der Waals surface area contributed by atoms with E-state index >= 15 is 0 Å². The molecule has 162 valence electrons. The third kappa shape index (κ3) is 4.48. The molecule has 0 unspecified atom stereocenters. The van der Waals surface area contributed by atoms with E-state index in [1.54, 1.807) is 14.8 Å². The molecule has 0 aromatic carbocycles. The lowest BCUT2D eigenvalue weighted by molar-refractivity contribution is 0.307. The lowest BCUT2D eigenvalue weighted by Crippen LogP contribution is -2.47.